The number of carbonyl (C=O) groups is 1. The number of hydrogen-bond donors (Lipinski definition) is 1. The number of rotatable bonds is 6. The van der Waals surface area contributed by atoms with E-state index in [1.54, 1.807) is 24.2 Å². The number of amides is 1. The number of pyridine rings is 1. The van der Waals surface area contributed by atoms with Crippen LogP contribution in [0.2, 0.25) is 0 Å². The molecule has 32 heavy (non-hydrogen) atoms. The normalized spacial score (nSPS) is 17.1. The maximum absolute atomic E-state index is 12.8. The fourth-order valence-corrected chi connectivity index (χ4v) is 3.91. The highest BCUT2D eigenvalue weighted by Crippen LogP contribution is 2.47. The van der Waals surface area contributed by atoms with Crippen LogP contribution in [-0.4, -0.2) is 33.0 Å². The number of methoxy groups -OCH3 is 1. The fraction of sp³-hybridized carbons (Fsp3) is 0.200. The zero-order valence-corrected chi connectivity index (χ0v) is 17.9. The van der Waals surface area contributed by atoms with Crippen LogP contribution in [-0.2, 0) is 4.79 Å². The molecule has 2 atom stereocenters. The lowest BCUT2D eigenvalue weighted by atomic mass is 10.1. The van der Waals surface area contributed by atoms with Gasteiger partial charge in [0.25, 0.3) is 0 Å². The van der Waals surface area contributed by atoms with Gasteiger partial charge in [-0.3, -0.25) is 9.78 Å². The molecular formula is C25H23N5O2. The summed E-state index contributed by atoms with van der Waals surface area (Å²) in [5.74, 6) is 1.03. The van der Waals surface area contributed by atoms with Gasteiger partial charge in [0, 0.05) is 23.4 Å². The molecule has 2 aromatic carbocycles. The average molecular weight is 425 g/mol. The molecular weight excluding hydrogens is 402 g/mol. The molecule has 0 bridgehead atoms. The highest BCUT2D eigenvalue weighted by molar-refractivity contribution is 5.95. The number of nitrogens with one attached hydrogen (secondary N) is 1. The van der Waals surface area contributed by atoms with Crippen LogP contribution in [0.25, 0.3) is 16.9 Å². The second kappa shape index (κ2) is 8.26. The Kier molecular flexibility index (Phi) is 5.15. The Hall–Kier alpha value is -4.00. The SMILES string of the molecule is COc1cncc(-c2cn(-c3cc(NC(=O)C4CC4c4ccccc4)ccc3C)nn2)c1. The summed E-state index contributed by atoms with van der Waals surface area (Å²) in [6.45, 7) is 2.00. The second-order valence-electron chi connectivity index (χ2n) is 8.01. The van der Waals surface area contributed by atoms with E-state index in [2.05, 4.69) is 32.7 Å². The maximum atomic E-state index is 12.8. The van der Waals surface area contributed by atoms with E-state index in [0.29, 0.717) is 17.4 Å². The highest BCUT2D eigenvalue weighted by Gasteiger charge is 2.43. The summed E-state index contributed by atoms with van der Waals surface area (Å²) in [5.41, 5.74) is 5.35. The van der Waals surface area contributed by atoms with Crippen molar-refractivity contribution in [3.8, 4) is 22.7 Å². The molecule has 7 nitrogen and oxygen atoms in total. The summed E-state index contributed by atoms with van der Waals surface area (Å²) in [7, 11) is 1.60. The fourth-order valence-electron chi connectivity index (χ4n) is 3.91. The minimum Gasteiger partial charge on any atom is -0.495 e. The minimum atomic E-state index is 0.0145. The molecule has 2 aromatic heterocycles. The molecule has 1 fully saturated rings. The van der Waals surface area contributed by atoms with Gasteiger partial charge < -0.3 is 10.1 Å². The van der Waals surface area contributed by atoms with Crippen LogP contribution in [0.5, 0.6) is 5.75 Å². The molecule has 0 aliphatic heterocycles. The first-order chi connectivity index (χ1) is 15.6. The third-order valence-electron chi connectivity index (χ3n) is 5.82. The number of nitrogens with zero attached hydrogens (tertiary/aromatic N) is 4. The number of hydrogen-bond acceptors (Lipinski definition) is 5. The molecule has 0 saturated heterocycles. The average Bonchev–Trinajstić information content (AvgIpc) is 3.49. The smallest absolute Gasteiger partial charge is 0.228 e. The third kappa shape index (κ3) is 3.97. The van der Waals surface area contributed by atoms with Gasteiger partial charge in [0.15, 0.2) is 0 Å². The Morgan fingerprint density at radius 1 is 1.12 bits per heavy atom. The predicted octanol–water partition coefficient (Wildman–Crippen LogP) is 4.39. The Bertz CT molecular complexity index is 1270. The predicted molar refractivity (Wildman–Crippen MR) is 122 cm³/mol. The Labute approximate surface area is 186 Å². The molecule has 0 radical (unpaired) electrons. The van der Waals surface area contributed by atoms with Gasteiger partial charge >= 0.3 is 0 Å². The number of anilines is 1. The summed E-state index contributed by atoms with van der Waals surface area (Å²) in [6, 6.07) is 17.9. The largest absolute Gasteiger partial charge is 0.495 e. The molecule has 1 aliphatic carbocycles. The lowest BCUT2D eigenvalue weighted by molar-refractivity contribution is -0.117. The molecule has 1 saturated carbocycles. The first kappa shape index (κ1) is 19.9. The van der Waals surface area contributed by atoms with Crippen molar-refractivity contribution >= 4 is 11.6 Å². The summed E-state index contributed by atoms with van der Waals surface area (Å²) in [6.07, 6.45) is 6.10. The zero-order chi connectivity index (χ0) is 22.1. The molecule has 7 heteroatoms. The lowest BCUT2D eigenvalue weighted by Gasteiger charge is -2.10. The summed E-state index contributed by atoms with van der Waals surface area (Å²) < 4.78 is 6.95. The maximum Gasteiger partial charge on any atom is 0.228 e. The third-order valence-corrected chi connectivity index (χ3v) is 5.82. The Morgan fingerprint density at radius 3 is 2.78 bits per heavy atom. The second-order valence-corrected chi connectivity index (χ2v) is 8.01. The summed E-state index contributed by atoms with van der Waals surface area (Å²) in [4.78, 5) is 17.0. The van der Waals surface area contributed by atoms with Gasteiger partial charge in [-0.1, -0.05) is 41.6 Å². The van der Waals surface area contributed by atoms with E-state index in [9.17, 15) is 4.79 Å². The van der Waals surface area contributed by atoms with E-state index in [0.717, 1.165) is 28.9 Å². The summed E-state index contributed by atoms with van der Waals surface area (Å²) >= 11 is 0. The zero-order valence-electron chi connectivity index (χ0n) is 17.9. The van der Waals surface area contributed by atoms with Gasteiger partial charge in [-0.25, -0.2) is 4.68 Å². The highest BCUT2D eigenvalue weighted by atomic mass is 16.5. The van der Waals surface area contributed by atoms with Crippen molar-refractivity contribution in [2.45, 2.75) is 19.3 Å². The van der Waals surface area contributed by atoms with Crippen LogP contribution in [0.15, 0.2) is 73.2 Å². The van der Waals surface area contributed by atoms with E-state index in [4.69, 9.17) is 4.74 Å². The van der Waals surface area contributed by atoms with Crippen LogP contribution in [0, 0.1) is 12.8 Å². The molecule has 0 spiro atoms. The minimum absolute atomic E-state index is 0.0145. The molecule has 1 aliphatic rings. The molecule has 4 aromatic rings. The molecule has 1 amide bonds. The first-order valence-corrected chi connectivity index (χ1v) is 10.5. The van der Waals surface area contributed by atoms with Crippen molar-refractivity contribution in [3.63, 3.8) is 0 Å². The van der Waals surface area contributed by atoms with Crippen molar-refractivity contribution in [2.24, 2.45) is 5.92 Å². The van der Waals surface area contributed by atoms with Crippen molar-refractivity contribution in [1.29, 1.82) is 0 Å². The van der Waals surface area contributed by atoms with E-state index in [1.165, 1.54) is 5.56 Å². The van der Waals surface area contributed by atoms with Gasteiger partial charge in [0.2, 0.25) is 5.91 Å². The molecule has 2 heterocycles. The Balaban J connectivity index is 1.33. The van der Waals surface area contributed by atoms with Gasteiger partial charge in [-0.2, -0.15) is 0 Å². The van der Waals surface area contributed by atoms with Crippen LogP contribution in [0.3, 0.4) is 0 Å². The molecule has 5 rings (SSSR count). The van der Waals surface area contributed by atoms with Gasteiger partial charge in [-0.05, 0) is 48.6 Å². The van der Waals surface area contributed by atoms with Crippen molar-refractivity contribution in [2.75, 3.05) is 12.4 Å². The Morgan fingerprint density at radius 2 is 1.97 bits per heavy atom. The number of aryl methyl sites for hydroxylation is 1. The number of carbonyl (C=O) groups excluding carboxylic acids is 1. The quantitative estimate of drug-likeness (QED) is 0.496. The van der Waals surface area contributed by atoms with E-state index < -0.39 is 0 Å². The number of ether oxygens (including phenoxy) is 1. The van der Waals surface area contributed by atoms with Crippen molar-refractivity contribution in [3.05, 3.63) is 84.3 Å². The number of aromatic nitrogens is 4. The van der Waals surface area contributed by atoms with Gasteiger partial charge in [0.1, 0.15) is 11.4 Å². The molecule has 160 valence electrons. The van der Waals surface area contributed by atoms with E-state index >= 15 is 0 Å². The van der Waals surface area contributed by atoms with E-state index in [1.807, 2.05) is 55.6 Å². The monoisotopic (exact) mass is 425 g/mol. The summed E-state index contributed by atoms with van der Waals surface area (Å²) in [5, 5.41) is 11.6. The van der Waals surface area contributed by atoms with Gasteiger partial charge in [0.05, 0.1) is 25.2 Å². The first-order valence-electron chi connectivity index (χ1n) is 10.5. The van der Waals surface area contributed by atoms with Crippen LogP contribution in [0.4, 0.5) is 5.69 Å². The lowest BCUT2D eigenvalue weighted by Crippen LogP contribution is -2.15. The number of benzene rings is 2. The van der Waals surface area contributed by atoms with Crippen molar-refractivity contribution < 1.29 is 9.53 Å². The van der Waals surface area contributed by atoms with Crippen molar-refractivity contribution in [1.82, 2.24) is 20.0 Å². The molecule has 1 N–H and O–H groups in total. The van der Waals surface area contributed by atoms with Crippen LogP contribution >= 0.6 is 0 Å². The van der Waals surface area contributed by atoms with Gasteiger partial charge in [-0.15, -0.1) is 5.10 Å². The van der Waals surface area contributed by atoms with E-state index in [-0.39, 0.29) is 11.8 Å². The van der Waals surface area contributed by atoms with Crippen LogP contribution < -0.4 is 10.1 Å². The topological polar surface area (TPSA) is 81.9 Å². The molecule has 2 unspecified atom stereocenters. The standard InChI is InChI=1S/C25H23N5O2/c1-16-8-9-19(27-25(31)22-12-21(22)17-6-4-3-5-7-17)11-24(16)30-15-23(28-29-30)18-10-20(32-2)14-26-13-18/h3-11,13-15,21-22H,12H2,1-2H3,(H,27,31). The van der Waals surface area contributed by atoms with Crippen LogP contribution in [0.1, 0.15) is 23.5 Å².